The van der Waals surface area contributed by atoms with Gasteiger partial charge in [-0.2, -0.15) is 9.67 Å². The normalized spacial score (nSPS) is 10.8. The van der Waals surface area contributed by atoms with Crippen LogP contribution in [0.5, 0.6) is 5.88 Å². The van der Waals surface area contributed by atoms with E-state index < -0.39 is 5.91 Å². The molecule has 10 nitrogen and oxygen atoms in total. The van der Waals surface area contributed by atoms with Crippen molar-refractivity contribution in [1.82, 2.24) is 30.2 Å². The molecule has 2 aromatic heterocycles. The molecule has 0 saturated carbocycles. The molecule has 0 aliphatic heterocycles. The smallest absolute Gasteiger partial charge is 0.276 e. The molecule has 0 saturated heterocycles. The third-order valence-electron chi connectivity index (χ3n) is 4.07. The average Bonchev–Trinajstić information content (AvgIpc) is 3.17. The van der Waals surface area contributed by atoms with Gasteiger partial charge in [0.1, 0.15) is 5.52 Å². The number of anilines is 1. The van der Waals surface area contributed by atoms with Crippen LogP contribution >= 0.6 is 0 Å². The van der Waals surface area contributed by atoms with Crippen molar-refractivity contribution in [3.63, 3.8) is 0 Å². The molecule has 4 rings (SSSR count). The van der Waals surface area contributed by atoms with Crippen molar-refractivity contribution in [2.45, 2.75) is 6.54 Å². The maximum absolute atomic E-state index is 11.6. The Morgan fingerprint density at radius 1 is 1.11 bits per heavy atom. The Kier molecular flexibility index (Phi) is 4.50. The molecule has 1 amide bonds. The Morgan fingerprint density at radius 2 is 1.93 bits per heavy atom. The van der Waals surface area contributed by atoms with E-state index in [0.29, 0.717) is 23.4 Å². The van der Waals surface area contributed by atoms with Gasteiger partial charge in [-0.1, -0.05) is 41.6 Å². The number of aromatic nitrogens is 6. The number of nitrogens with two attached hydrogens (primary N) is 1. The summed E-state index contributed by atoms with van der Waals surface area (Å²) in [4.78, 5) is 16.1. The van der Waals surface area contributed by atoms with E-state index in [1.807, 2.05) is 30.3 Å². The summed E-state index contributed by atoms with van der Waals surface area (Å²) in [6.45, 7) is 0.527. The number of carbonyl (C=O) groups is 1. The number of methoxy groups -OCH3 is 1. The zero-order valence-electron chi connectivity index (χ0n) is 14.9. The molecule has 0 aliphatic carbocycles. The fourth-order valence-electron chi connectivity index (χ4n) is 2.72. The number of fused-ring (bicyclic) bond motifs is 1. The number of primary amides is 1. The summed E-state index contributed by atoms with van der Waals surface area (Å²) in [5.74, 6) is 0.255. The fraction of sp³-hybridized carbons (Fsp3) is 0.111. The quantitative estimate of drug-likeness (QED) is 0.515. The molecule has 0 aliphatic rings. The van der Waals surface area contributed by atoms with Gasteiger partial charge in [-0.25, -0.2) is 0 Å². The van der Waals surface area contributed by atoms with E-state index in [1.165, 1.54) is 11.8 Å². The standard InChI is InChI=1S/C18H16N8O2/c1-28-17-16(20-10-11-6-3-2-4-7-11)21-18(24-23-17)26-13-9-5-8-12(15(19)27)14(13)22-25-26/h2-9H,10H2,1H3,(H2,19,27)(H,20,21,24). The lowest BCUT2D eigenvalue weighted by molar-refractivity contribution is 0.100. The summed E-state index contributed by atoms with van der Waals surface area (Å²) < 4.78 is 6.63. The largest absolute Gasteiger partial charge is 0.477 e. The monoisotopic (exact) mass is 376 g/mol. The number of benzene rings is 2. The zero-order chi connectivity index (χ0) is 19.5. The Bertz CT molecular complexity index is 1140. The molecule has 0 spiro atoms. The molecule has 0 unspecified atom stereocenters. The summed E-state index contributed by atoms with van der Waals surface area (Å²) in [6, 6.07) is 14.9. The first-order chi connectivity index (χ1) is 13.7. The topological polar surface area (TPSA) is 134 Å². The first kappa shape index (κ1) is 17.3. The first-order valence-electron chi connectivity index (χ1n) is 8.38. The molecular formula is C18H16N8O2. The summed E-state index contributed by atoms with van der Waals surface area (Å²) in [6.07, 6.45) is 0. The molecule has 0 radical (unpaired) electrons. The lowest BCUT2D eigenvalue weighted by Gasteiger charge is -2.10. The van der Waals surface area contributed by atoms with Crippen LogP contribution in [0.2, 0.25) is 0 Å². The van der Waals surface area contributed by atoms with Gasteiger partial charge in [0.05, 0.1) is 18.2 Å². The number of hydrogen-bond donors (Lipinski definition) is 2. The van der Waals surface area contributed by atoms with Gasteiger partial charge in [0, 0.05) is 6.54 Å². The van der Waals surface area contributed by atoms with Crippen LogP contribution in [0.15, 0.2) is 48.5 Å². The van der Waals surface area contributed by atoms with Crippen LogP contribution in [-0.4, -0.2) is 43.2 Å². The van der Waals surface area contributed by atoms with Crippen molar-refractivity contribution in [2.24, 2.45) is 5.73 Å². The predicted molar refractivity (Wildman–Crippen MR) is 101 cm³/mol. The van der Waals surface area contributed by atoms with Crippen LogP contribution in [0, 0.1) is 0 Å². The second kappa shape index (κ2) is 7.27. The van der Waals surface area contributed by atoms with Gasteiger partial charge < -0.3 is 15.8 Å². The number of nitrogens with one attached hydrogen (secondary N) is 1. The molecule has 10 heteroatoms. The number of ether oxygens (including phenoxy) is 1. The van der Waals surface area contributed by atoms with Gasteiger partial charge in [0.15, 0.2) is 5.82 Å². The second-order valence-corrected chi connectivity index (χ2v) is 5.85. The predicted octanol–water partition coefficient (Wildman–Crippen LogP) is 1.33. The van der Waals surface area contributed by atoms with Crippen molar-refractivity contribution >= 4 is 22.8 Å². The van der Waals surface area contributed by atoms with Crippen LogP contribution in [0.4, 0.5) is 5.82 Å². The summed E-state index contributed by atoms with van der Waals surface area (Å²) >= 11 is 0. The fourth-order valence-corrected chi connectivity index (χ4v) is 2.72. The molecule has 4 aromatic rings. The number of nitrogens with zero attached hydrogens (tertiary/aromatic N) is 6. The highest BCUT2D eigenvalue weighted by Crippen LogP contribution is 2.22. The van der Waals surface area contributed by atoms with Crippen molar-refractivity contribution in [3.05, 3.63) is 59.7 Å². The molecular weight excluding hydrogens is 360 g/mol. The van der Waals surface area contributed by atoms with Crippen LogP contribution in [0.3, 0.4) is 0 Å². The van der Waals surface area contributed by atoms with E-state index in [1.54, 1.807) is 18.2 Å². The minimum Gasteiger partial charge on any atom is -0.477 e. The molecule has 0 fully saturated rings. The Morgan fingerprint density at radius 3 is 2.68 bits per heavy atom. The Labute approximate surface area is 159 Å². The van der Waals surface area contributed by atoms with E-state index in [9.17, 15) is 4.79 Å². The Balaban J connectivity index is 1.72. The first-order valence-corrected chi connectivity index (χ1v) is 8.38. The van der Waals surface area contributed by atoms with E-state index in [2.05, 4.69) is 30.8 Å². The number of amides is 1. The number of hydrogen-bond acceptors (Lipinski definition) is 8. The highest BCUT2D eigenvalue weighted by atomic mass is 16.5. The molecule has 2 heterocycles. The lowest BCUT2D eigenvalue weighted by Crippen LogP contribution is -2.12. The van der Waals surface area contributed by atoms with Gasteiger partial charge >= 0.3 is 0 Å². The Hall–Kier alpha value is -4.08. The van der Waals surface area contributed by atoms with Gasteiger partial charge in [0.2, 0.25) is 0 Å². The van der Waals surface area contributed by atoms with E-state index >= 15 is 0 Å². The minimum absolute atomic E-state index is 0.181. The maximum atomic E-state index is 11.6. The third kappa shape index (κ3) is 3.18. The van der Waals surface area contributed by atoms with Gasteiger partial charge in [-0.15, -0.1) is 15.3 Å². The van der Waals surface area contributed by atoms with Crippen LogP contribution < -0.4 is 15.8 Å². The molecule has 2 aromatic carbocycles. The molecule has 28 heavy (non-hydrogen) atoms. The zero-order valence-corrected chi connectivity index (χ0v) is 14.9. The van der Waals surface area contributed by atoms with Gasteiger partial charge in [-0.05, 0) is 17.7 Å². The second-order valence-electron chi connectivity index (χ2n) is 5.85. The summed E-state index contributed by atoms with van der Waals surface area (Å²) in [7, 11) is 1.49. The summed E-state index contributed by atoms with van der Waals surface area (Å²) in [5, 5.41) is 19.4. The van der Waals surface area contributed by atoms with Crippen molar-refractivity contribution in [2.75, 3.05) is 12.4 Å². The van der Waals surface area contributed by atoms with E-state index in [-0.39, 0.29) is 17.4 Å². The highest BCUT2D eigenvalue weighted by molar-refractivity contribution is 6.03. The summed E-state index contributed by atoms with van der Waals surface area (Å²) in [5.41, 5.74) is 7.65. The molecule has 0 bridgehead atoms. The third-order valence-corrected chi connectivity index (χ3v) is 4.07. The maximum Gasteiger partial charge on any atom is 0.276 e. The number of carbonyl (C=O) groups excluding carboxylic acids is 1. The van der Waals surface area contributed by atoms with Gasteiger partial charge in [0.25, 0.3) is 17.7 Å². The van der Waals surface area contributed by atoms with Crippen molar-refractivity contribution in [1.29, 1.82) is 0 Å². The van der Waals surface area contributed by atoms with E-state index in [0.717, 1.165) is 5.56 Å². The number of rotatable bonds is 6. The minimum atomic E-state index is -0.586. The lowest BCUT2D eigenvalue weighted by atomic mass is 10.2. The molecule has 0 atom stereocenters. The van der Waals surface area contributed by atoms with Crippen LogP contribution in [-0.2, 0) is 6.54 Å². The van der Waals surface area contributed by atoms with Crippen LogP contribution in [0.25, 0.3) is 17.0 Å². The average molecular weight is 376 g/mol. The molecule has 3 N–H and O–H groups in total. The van der Waals surface area contributed by atoms with Crippen molar-refractivity contribution < 1.29 is 9.53 Å². The molecule has 140 valence electrons. The van der Waals surface area contributed by atoms with Crippen molar-refractivity contribution in [3.8, 4) is 11.8 Å². The van der Waals surface area contributed by atoms with E-state index in [4.69, 9.17) is 10.5 Å². The van der Waals surface area contributed by atoms with Gasteiger partial charge in [-0.3, -0.25) is 4.79 Å². The highest BCUT2D eigenvalue weighted by Gasteiger charge is 2.17. The SMILES string of the molecule is COc1nnc(-n2nnc3c(C(N)=O)cccc32)nc1NCc1ccccc1. The van der Waals surface area contributed by atoms with Crippen LogP contribution in [0.1, 0.15) is 15.9 Å².